The van der Waals surface area contributed by atoms with Crippen LogP contribution in [0.5, 0.6) is 0 Å². The molecule has 0 aromatic heterocycles. The molecule has 0 amide bonds. The summed E-state index contributed by atoms with van der Waals surface area (Å²) in [4.78, 5) is 10.8. The van der Waals surface area contributed by atoms with Gasteiger partial charge in [0.15, 0.2) is 0 Å². The number of aliphatic carboxylic acids is 1. The lowest BCUT2D eigenvalue weighted by molar-refractivity contribution is -0.141. The van der Waals surface area contributed by atoms with Gasteiger partial charge in [0.2, 0.25) is 0 Å². The van der Waals surface area contributed by atoms with E-state index in [0.29, 0.717) is 12.8 Å². The summed E-state index contributed by atoms with van der Waals surface area (Å²) in [6.45, 7) is 3.94. The van der Waals surface area contributed by atoms with Gasteiger partial charge in [-0.1, -0.05) is 36.8 Å². The van der Waals surface area contributed by atoms with Crippen molar-refractivity contribution in [3.63, 3.8) is 0 Å². The molecule has 1 rings (SSSR count). The molecule has 1 aromatic rings. The van der Waals surface area contributed by atoms with E-state index in [9.17, 15) is 4.79 Å². The molecule has 0 saturated carbocycles. The Morgan fingerprint density at radius 3 is 2.36 bits per heavy atom. The molecule has 0 unspecified atom stereocenters. The fraction of sp³-hybridized carbons (Fsp3) is 0.417. The first-order valence-electron chi connectivity index (χ1n) is 4.91. The van der Waals surface area contributed by atoms with Crippen molar-refractivity contribution in [1.29, 1.82) is 0 Å². The summed E-state index contributed by atoms with van der Waals surface area (Å²) in [6.07, 6.45) is 1.31. The van der Waals surface area contributed by atoms with Gasteiger partial charge in [-0.2, -0.15) is 0 Å². The van der Waals surface area contributed by atoms with Crippen LogP contribution < -0.4 is 0 Å². The molecule has 2 heteroatoms. The Bertz CT molecular complexity index is 301. The van der Waals surface area contributed by atoms with E-state index in [1.165, 1.54) is 5.56 Å². The maximum atomic E-state index is 10.8. The van der Waals surface area contributed by atoms with Crippen molar-refractivity contribution in [2.75, 3.05) is 0 Å². The number of hydrogen-bond acceptors (Lipinski definition) is 1. The highest BCUT2D eigenvalue weighted by atomic mass is 16.4. The predicted octanol–water partition coefficient (Wildman–Crippen LogP) is 2.65. The SMILES string of the molecule is CC[C@@H](Cc1ccc(C)cc1)C(=O)O. The molecule has 0 spiro atoms. The largest absolute Gasteiger partial charge is 0.481 e. The number of carbonyl (C=O) groups is 1. The lowest BCUT2D eigenvalue weighted by Crippen LogP contribution is -2.15. The Kier molecular flexibility index (Phi) is 3.69. The van der Waals surface area contributed by atoms with Crippen LogP contribution >= 0.6 is 0 Å². The number of benzene rings is 1. The summed E-state index contributed by atoms with van der Waals surface area (Å²) in [5, 5.41) is 8.89. The van der Waals surface area contributed by atoms with E-state index in [0.717, 1.165) is 5.56 Å². The molecule has 0 aliphatic rings. The summed E-state index contributed by atoms with van der Waals surface area (Å²) in [5.74, 6) is -0.953. The van der Waals surface area contributed by atoms with Crippen LogP contribution in [0.2, 0.25) is 0 Å². The second kappa shape index (κ2) is 4.80. The summed E-state index contributed by atoms with van der Waals surface area (Å²) >= 11 is 0. The first-order valence-corrected chi connectivity index (χ1v) is 4.91. The van der Waals surface area contributed by atoms with Crippen LogP contribution in [-0.4, -0.2) is 11.1 Å². The fourth-order valence-corrected chi connectivity index (χ4v) is 1.41. The standard InChI is InChI=1S/C12H16O2/c1-3-11(12(13)14)8-10-6-4-9(2)5-7-10/h4-7,11H,3,8H2,1-2H3,(H,13,14)/t11-/m0/s1. The monoisotopic (exact) mass is 192 g/mol. The molecular formula is C12H16O2. The molecule has 1 aromatic carbocycles. The number of carboxylic acids is 1. The van der Waals surface area contributed by atoms with Crippen molar-refractivity contribution >= 4 is 5.97 Å². The number of carboxylic acid groups (broad SMARTS) is 1. The van der Waals surface area contributed by atoms with Gasteiger partial charge in [0.05, 0.1) is 5.92 Å². The van der Waals surface area contributed by atoms with E-state index in [4.69, 9.17) is 5.11 Å². The molecule has 0 radical (unpaired) electrons. The van der Waals surface area contributed by atoms with Crippen molar-refractivity contribution in [2.45, 2.75) is 26.7 Å². The average Bonchev–Trinajstić information content (AvgIpc) is 2.16. The van der Waals surface area contributed by atoms with Crippen molar-refractivity contribution in [2.24, 2.45) is 5.92 Å². The van der Waals surface area contributed by atoms with Gasteiger partial charge in [-0.05, 0) is 25.3 Å². The highest BCUT2D eigenvalue weighted by Crippen LogP contribution is 2.13. The fourth-order valence-electron chi connectivity index (χ4n) is 1.41. The topological polar surface area (TPSA) is 37.3 Å². The van der Waals surface area contributed by atoms with Crippen molar-refractivity contribution in [3.05, 3.63) is 35.4 Å². The highest BCUT2D eigenvalue weighted by molar-refractivity contribution is 5.70. The van der Waals surface area contributed by atoms with E-state index < -0.39 is 5.97 Å². The third-order valence-electron chi connectivity index (χ3n) is 2.44. The minimum Gasteiger partial charge on any atom is -0.481 e. The van der Waals surface area contributed by atoms with Crippen LogP contribution in [0.4, 0.5) is 0 Å². The minimum atomic E-state index is -0.701. The number of aryl methyl sites for hydroxylation is 1. The van der Waals surface area contributed by atoms with E-state index in [1.807, 2.05) is 38.1 Å². The summed E-state index contributed by atoms with van der Waals surface area (Å²) < 4.78 is 0. The van der Waals surface area contributed by atoms with E-state index >= 15 is 0 Å². The van der Waals surface area contributed by atoms with E-state index in [-0.39, 0.29) is 5.92 Å². The van der Waals surface area contributed by atoms with Crippen molar-refractivity contribution < 1.29 is 9.90 Å². The molecule has 0 fully saturated rings. The molecule has 1 atom stereocenters. The zero-order valence-corrected chi connectivity index (χ0v) is 8.66. The van der Waals surface area contributed by atoms with Gasteiger partial charge in [0.1, 0.15) is 0 Å². The summed E-state index contributed by atoms with van der Waals surface area (Å²) in [6, 6.07) is 8.04. The van der Waals surface area contributed by atoms with Gasteiger partial charge in [0.25, 0.3) is 0 Å². The normalized spacial score (nSPS) is 12.4. The van der Waals surface area contributed by atoms with Crippen molar-refractivity contribution in [3.8, 4) is 0 Å². The Hall–Kier alpha value is -1.31. The maximum Gasteiger partial charge on any atom is 0.306 e. The number of hydrogen-bond donors (Lipinski definition) is 1. The molecule has 2 nitrogen and oxygen atoms in total. The molecule has 0 aliphatic carbocycles. The predicted molar refractivity (Wildman–Crippen MR) is 56.3 cm³/mol. The Balaban J connectivity index is 2.67. The van der Waals surface area contributed by atoms with Gasteiger partial charge in [0, 0.05) is 0 Å². The van der Waals surface area contributed by atoms with Gasteiger partial charge >= 0.3 is 5.97 Å². The van der Waals surface area contributed by atoms with E-state index in [2.05, 4.69) is 0 Å². The Labute approximate surface area is 84.6 Å². The van der Waals surface area contributed by atoms with Gasteiger partial charge in [-0.3, -0.25) is 4.79 Å². The Morgan fingerprint density at radius 1 is 1.36 bits per heavy atom. The first kappa shape index (κ1) is 10.8. The first-order chi connectivity index (χ1) is 6.63. The molecule has 0 saturated heterocycles. The Morgan fingerprint density at radius 2 is 1.93 bits per heavy atom. The minimum absolute atomic E-state index is 0.252. The average molecular weight is 192 g/mol. The van der Waals surface area contributed by atoms with Gasteiger partial charge in [-0.25, -0.2) is 0 Å². The van der Waals surface area contributed by atoms with Crippen molar-refractivity contribution in [1.82, 2.24) is 0 Å². The molecule has 0 aliphatic heterocycles. The van der Waals surface area contributed by atoms with Crippen LogP contribution in [0.25, 0.3) is 0 Å². The van der Waals surface area contributed by atoms with Crippen LogP contribution in [-0.2, 0) is 11.2 Å². The molecule has 0 bridgehead atoms. The third-order valence-corrected chi connectivity index (χ3v) is 2.44. The zero-order chi connectivity index (χ0) is 10.6. The van der Waals surface area contributed by atoms with Crippen LogP contribution in [0.15, 0.2) is 24.3 Å². The highest BCUT2D eigenvalue weighted by Gasteiger charge is 2.14. The van der Waals surface area contributed by atoms with Crippen LogP contribution in [0.3, 0.4) is 0 Å². The maximum absolute atomic E-state index is 10.8. The molecular weight excluding hydrogens is 176 g/mol. The van der Waals surface area contributed by atoms with Crippen LogP contribution in [0, 0.1) is 12.8 Å². The second-order valence-electron chi connectivity index (χ2n) is 3.63. The molecule has 0 heterocycles. The van der Waals surface area contributed by atoms with Gasteiger partial charge in [-0.15, -0.1) is 0 Å². The lowest BCUT2D eigenvalue weighted by Gasteiger charge is -2.09. The lowest BCUT2D eigenvalue weighted by atomic mass is 9.97. The zero-order valence-electron chi connectivity index (χ0n) is 8.66. The van der Waals surface area contributed by atoms with E-state index in [1.54, 1.807) is 0 Å². The molecule has 14 heavy (non-hydrogen) atoms. The number of rotatable bonds is 4. The molecule has 1 N–H and O–H groups in total. The molecule has 76 valence electrons. The quantitative estimate of drug-likeness (QED) is 0.796. The van der Waals surface area contributed by atoms with Gasteiger partial charge < -0.3 is 5.11 Å². The second-order valence-corrected chi connectivity index (χ2v) is 3.63. The smallest absolute Gasteiger partial charge is 0.306 e. The summed E-state index contributed by atoms with van der Waals surface area (Å²) in [7, 11) is 0. The van der Waals surface area contributed by atoms with Crippen LogP contribution in [0.1, 0.15) is 24.5 Å². The summed E-state index contributed by atoms with van der Waals surface area (Å²) in [5.41, 5.74) is 2.31. The third kappa shape index (κ3) is 2.87.